The van der Waals surface area contributed by atoms with Crippen molar-refractivity contribution in [2.45, 2.75) is 85.2 Å². The molecule has 7 N–H and O–H groups in total. The van der Waals surface area contributed by atoms with Gasteiger partial charge in [-0.25, -0.2) is 25.9 Å². The number of fused-ring (bicyclic) bond motifs is 1. The van der Waals surface area contributed by atoms with Gasteiger partial charge in [-0.15, -0.1) is 0 Å². The van der Waals surface area contributed by atoms with Crippen molar-refractivity contribution in [3.8, 4) is 0 Å². The number of hydrogen-bond donors (Lipinski definition) is 5. The van der Waals surface area contributed by atoms with Crippen LogP contribution in [0.5, 0.6) is 0 Å². The van der Waals surface area contributed by atoms with Gasteiger partial charge in [0.05, 0.1) is 15.8 Å². The molecular weight excluding hydrogens is 811 g/mol. The van der Waals surface area contributed by atoms with Crippen molar-refractivity contribution in [1.29, 1.82) is 5.41 Å². The van der Waals surface area contributed by atoms with Gasteiger partial charge in [-0.3, -0.25) is 15.0 Å². The summed E-state index contributed by atoms with van der Waals surface area (Å²) in [6.45, 7) is 1.43. The van der Waals surface area contributed by atoms with Crippen LogP contribution in [-0.4, -0.2) is 92.8 Å². The lowest BCUT2D eigenvalue weighted by molar-refractivity contribution is -0.141. The average Bonchev–Trinajstić information content (AvgIpc) is 3.74. The van der Waals surface area contributed by atoms with Gasteiger partial charge >= 0.3 is 6.09 Å². The standard InChI is InChI=1S/C42H51N7O9S2/c1-30-17-20-35(21-18-30)60(56,57)49(41(53)58-29-31-11-3-2-4-12-31)26-8-7-23-42(45,59(54,55)36-22-19-32-13-5-6-14-33(32)27-36)39(52)48-25-10-16-37(48)38(51)47-34(28-50)15-9-24-46-40(43)44/h2-6,11-14,17-22,27-28,34,37H,7-10,15-16,23-26,29,45H2,1H3,(H,47,51)(H4,43,44,46)/t34-,37-,42-/m0/s1. The molecule has 0 aromatic heterocycles. The third-order valence-electron chi connectivity index (χ3n) is 10.4. The number of aryl methyl sites for hydroxylation is 1. The highest BCUT2D eigenvalue weighted by molar-refractivity contribution is 7.93. The highest BCUT2D eigenvalue weighted by Gasteiger charge is 2.52. The van der Waals surface area contributed by atoms with Gasteiger partial charge in [0.25, 0.3) is 15.9 Å². The highest BCUT2D eigenvalue weighted by atomic mass is 32.2. The molecule has 1 fully saturated rings. The number of aldehydes is 1. The van der Waals surface area contributed by atoms with Crippen molar-refractivity contribution in [3.05, 3.63) is 108 Å². The molecule has 18 heteroatoms. The number of benzene rings is 4. The minimum atomic E-state index is -4.72. The lowest BCUT2D eigenvalue weighted by Gasteiger charge is -2.35. The Morgan fingerprint density at radius 2 is 1.60 bits per heavy atom. The van der Waals surface area contributed by atoms with Crippen LogP contribution >= 0.6 is 0 Å². The number of nitrogens with zero attached hydrogens (tertiary/aromatic N) is 2. The number of rotatable bonds is 19. The summed E-state index contributed by atoms with van der Waals surface area (Å²) >= 11 is 0. The molecule has 320 valence electrons. The number of ether oxygens (including phenoxy) is 1. The number of carbonyl (C=O) groups excluding carboxylic acids is 4. The van der Waals surface area contributed by atoms with Gasteiger partial charge in [0.2, 0.25) is 20.6 Å². The third-order valence-corrected chi connectivity index (χ3v) is 14.4. The van der Waals surface area contributed by atoms with Gasteiger partial charge in [-0.05, 0) is 92.5 Å². The Morgan fingerprint density at radius 3 is 2.28 bits per heavy atom. The molecule has 0 bridgehead atoms. The molecule has 5 rings (SSSR count). The molecule has 0 saturated carbocycles. The zero-order valence-corrected chi connectivity index (χ0v) is 34.9. The maximum atomic E-state index is 14.7. The van der Waals surface area contributed by atoms with Gasteiger partial charge in [-0.1, -0.05) is 78.4 Å². The predicted molar refractivity (Wildman–Crippen MR) is 225 cm³/mol. The molecule has 1 heterocycles. The molecule has 1 saturated heterocycles. The third kappa shape index (κ3) is 10.7. The van der Waals surface area contributed by atoms with Crippen LogP contribution in [0.25, 0.3) is 10.8 Å². The zero-order chi connectivity index (χ0) is 43.5. The van der Waals surface area contributed by atoms with Crippen LogP contribution in [0.1, 0.15) is 56.1 Å². The molecule has 1 aliphatic heterocycles. The number of sulfone groups is 1. The van der Waals surface area contributed by atoms with E-state index in [4.69, 9.17) is 21.6 Å². The minimum Gasteiger partial charge on any atom is -0.444 e. The highest BCUT2D eigenvalue weighted by Crippen LogP contribution is 2.33. The van der Waals surface area contributed by atoms with Crippen LogP contribution in [0.15, 0.2) is 107 Å². The molecule has 4 aromatic carbocycles. The van der Waals surface area contributed by atoms with E-state index in [0.717, 1.165) is 15.8 Å². The smallest absolute Gasteiger partial charge is 0.424 e. The molecule has 1 aliphatic rings. The van der Waals surface area contributed by atoms with Crippen molar-refractivity contribution < 1.29 is 40.8 Å². The van der Waals surface area contributed by atoms with Crippen LogP contribution in [0.2, 0.25) is 0 Å². The molecule has 60 heavy (non-hydrogen) atoms. The molecule has 16 nitrogen and oxygen atoms in total. The number of carbonyl (C=O) groups is 4. The molecule has 0 radical (unpaired) electrons. The van der Waals surface area contributed by atoms with Crippen molar-refractivity contribution >= 4 is 60.8 Å². The number of unbranched alkanes of at least 4 members (excludes halogenated alkanes) is 1. The average molecular weight is 862 g/mol. The Balaban J connectivity index is 1.41. The van der Waals surface area contributed by atoms with Gasteiger partial charge in [0, 0.05) is 19.6 Å². The van der Waals surface area contributed by atoms with E-state index in [1.54, 1.807) is 79.7 Å². The number of likely N-dealkylation sites (tertiary alicyclic amines) is 1. The second-order valence-corrected chi connectivity index (χ2v) is 18.7. The van der Waals surface area contributed by atoms with Gasteiger partial charge < -0.3 is 36.5 Å². The molecule has 3 amide bonds. The second-order valence-electron chi connectivity index (χ2n) is 14.7. The topological polar surface area (TPSA) is 252 Å². The van der Waals surface area contributed by atoms with Crippen molar-refractivity contribution in [1.82, 2.24) is 19.8 Å². The van der Waals surface area contributed by atoms with Gasteiger partial charge in [0.15, 0.2) is 5.96 Å². The van der Waals surface area contributed by atoms with Crippen LogP contribution in [-0.2, 0) is 45.6 Å². The van der Waals surface area contributed by atoms with E-state index >= 15 is 0 Å². The number of amides is 3. The number of nitrogens with two attached hydrogens (primary N) is 2. The predicted octanol–water partition coefficient (Wildman–Crippen LogP) is 3.71. The lowest BCUT2D eigenvalue weighted by atomic mass is 10.1. The van der Waals surface area contributed by atoms with Gasteiger partial charge in [0.1, 0.15) is 18.9 Å². The molecule has 0 spiro atoms. The Hall–Kier alpha value is -5.85. The molecular formula is C42H51N7O9S2. The Bertz CT molecular complexity index is 2400. The summed E-state index contributed by atoms with van der Waals surface area (Å²) in [6, 6.07) is 24.0. The van der Waals surface area contributed by atoms with E-state index in [1.807, 2.05) is 0 Å². The SMILES string of the molecule is Cc1ccc(S(=O)(=O)N(CCCC[C@@](N)(C(=O)N2CCC[C@H]2C(=O)N[C@H](C=O)CCCNC(=N)N)S(=O)(=O)c2ccc3ccccc3c2)C(=O)OCc2ccccc2)cc1. The second kappa shape index (κ2) is 19.9. The molecule has 0 aliphatic carbocycles. The number of sulfonamides is 1. The molecule has 4 aromatic rings. The first-order valence-electron chi connectivity index (χ1n) is 19.6. The van der Waals surface area contributed by atoms with Crippen LogP contribution < -0.4 is 22.1 Å². The first-order valence-corrected chi connectivity index (χ1v) is 22.5. The summed E-state index contributed by atoms with van der Waals surface area (Å²) < 4.78 is 63.2. The van der Waals surface area contributed by atoms with E-state index in [0.29, 0.717) is 34.4 Å². The maximum absolute atomic E-state index is 14.7. The van der Waals surface area contributed by atoms with Crippen LogP contribution in [0.3, 0.4) is 0 Å². The summed E-state index contributed by atoms with van der Waals surface area (Å²) in [7, 11) is -9.17. The monoisotopic (exact) mass is 861 g/mol. The fraction of sp³-hybridized carbons (Fsp3) is 0.357. The van der Waals surface area contributed by atoms with Crippen LogP contribution in [0.4, 0.5) is 4.79 Å². The lowest BCUT2D eigenvalue weighted by Crippen LogP contribution is -2.62. The first-order chi connectivity index (χ1) is 28.6. The Morgan fingerprint density at radius 1 is 0.933 bits per heavy atom. The summed E-state index contributed by atoms with van der Waals surface area (Å²) in [5, 5.41) is 13.9. The first kappa shape index (κ1) is 45.2. The van der Waals surface area contributed by atoms with E-state index in [2.05, 4.69) is 10.6 Å². The van der Waals surface area contributed by atoms with E-state index in [-0.39, 0.29) is 61.1 Å². The van der Waals surface area contributed by atoms with Crippen molar-refractivity contribution in [2.24, 2.45) is 11.5 Å². The largest absolute Gasteiger partial charge is 0.444 e. The molecule has 3 atom stereocenters. The Labute approximate surface area is 350 Å². The fourth-order valence-corrected chi connectivity index (χ4v) is 10.1. The quantitative estimate of drug-likeness (QED) is 0.0392. The van der Waals surface area contributed by atoms with E-state index in [9.17, 15) is 36.0 Å². The van der Waals surface area contributed by atoms with Crippen molar-refractivity contribution in [2.75, 3.05) is 19.6 Å². The van der Waals surface area contributed by atoms with Crippen molar-refractivity contribution in [3.63, 3.8) is 0 Å². The normalized spacial score (nSPS) is 15.7. The van der Waals surface area contributed by atoms with Gasteiger partial charge in [-0.2, -0.15) is 0 Å². The van der Waals surface area contributed by atoms with E-state index < -0.39 is 67.7 Å². The number of guanidine groups is 1. The maximum Gasteiger partial charge on any atom is 0.424 e. The summed E-state index contributed by atoms with van der Waals surface area (Å²) in [5.41, 5.74) is 13.6. The zero-order valence-electron chi connectivity index (χ0n) is 33.3. The van der Waals surface area contributed by atoms with E-state index in [1.165, 1.54) is 24.3 Å². The molecule has 0 unspecified atom stereocenters. The Kier molecular flexibility index (Phi) is 15.0. The minimum absolute atomic E-state index is 0.00717. The summed E-state index contributed by atoms with van der Waals surface area (Å²) in [6.07, 6.45) is -0.230. The number of hydrogen-bond acceptors (Lipinski definition) is 11. The summed E-state index contributed by atoms with van der Waals surface area (Å²) in [5.74, 6) is -1.93. The number of nitrogens with one attached hydrogen (secondary N) is 3. The van der Waals surface area contributed by atoms with Crippen LogP contribution in [0, 0.1) is 12.3 Å². The summed E-state index contributed by atoms with van der Waals surface area (Å²) in [4.78, 5) is 51.8. The fourth-order valence-electron chi connectivity index (χ4n) is 7.01.